The average Bonchev–Trinajstić information content (AvgIpc) is 2.52. The molecule has 2 atom stereocenters. The maximum atomic E-state index is 11.3. The van der Waals surface area contributed by atoms with Gasteiger partial charge in [-0.1, -0.05) is 0 Å². The molecule has 0 aliphatic rings. The van der Waals surface area contributed by atoms with Gasteiger partial charge in [0, 0.05) is 34.5 Å². The normalized spacial score (nSPS) is 15.0. The van der Waals surface area contributed by atoms with Crippen LogP contribution in [0.4, 0.5) is 0 Å². The minimum atomic E-state index is -0.846. The van der Waals surface area contributed by atoms with E-state index in [2.05, 4.69) is 9.97 Å². The maximum absolute atomic E-state index is 11.3. The Balaban J connectivity index is 2.59. The predicted molar refractivity (Wildman–Crippen MR) is 73.3 cm³/mol. The molecule has 17 heavy (non-hydrogen) atoms. The SMILES string of the molecule is Cc1ccc2[nH]c(=S)n(C(C)CS(C)=O)c2n1. The van der Waals surface area contributed by atoms with Crippen LogP contribution in [0, 0.1) is 11.7 Å². The predicted octanol–water partition coefficient (Wildman–Crippen LogP) is 2.34. The Morgan fingerprint density at radius 2 is 2.29 bits per heavy atom. The van der Waals surface area contributed by atoms with Crippen LogP contribution in [-0.4, -0.2) is 30.8 Å². The summed E-state index contributed by atoms with van der Waals surface area (Å²) in [6, 6.07) is 4.00. The minimum absolute atomic E-state index is 0.0800. The van der Waals surface area contributed by atoms with Gasteiger partial charge >= 0.3 is 0 Å². The Labute approximate surface area is 108 Å². The number of aromatic amines is 1. The summed E-state index contributed by atoms with van der Waals surface area (Å²) in [5.74, 6) is 0.580. The van der Waals surface area contributed by atoms with E-state index in [0.29, 0.717) is 10.5 Å². The van der Waals surface area contributed by atoms with Crippen molar-refractivity contribution in [1.82, 2.24) is 14.5 Å². The average molecular weight is 269 g/mol. The van der Waals surface area contributed by atoms with Gasteiger partial charge in [-0.25, -0.2) is 4.98 Å². The largest absolute Gasteiger partial charge is 0.329 e. The van der Waals surface area contributed by atoms with Crippen molar-refractivity contribution in [2.24, 2.45) is 0 Å². The Morgan fingerprint density at radius 1 is 1.59 bits per heavy atom. The number of aryl methyl sites for hydroxylation is 1. The number of H-pyrrole nitrogens is 1. The molecule has 2 unspecified atom stereocenters. The second-order valence-corrected chi connectivity index (χ2v) is 6.08. The summed E-state index contributed by atoms with van der Waals surface area (Å²) in [6.07, 6.45) is 1.70. The van der Waals surface area contributed by atoms with Crippen LogP contribution in [0.5, 0.6) is 0 Å². The first kappa shape index (κ1) is 12.4. The Bertz CT molecular complexity index is 629. The molecule has 0 bridgehead atoms. The molecule has 0 saturated carbocycles. The highest BCUT2D eigenvalue weighted by atomic mass is 32.2. The van der Waals surface area contributed by atoms with Gasteiger partial charge in [0.1, 0.15) is 0 Å². The van der Waals surface area contributed by atoms with Crippen LogP contribution >= 0.6 is 12.2 Å². The molecule has 0 saturated heterocycles. The van der Waals surface area contributed by atoms with Crippen molar-refractivity contribution in [2.45, 2.75) is 19.9 Å². The van der Waals surface area contributed by atoms with Crippen LogP contribution < -0.4 is 0 Å². The lowest BCUT2D eigenvalue weighted by Gasteiger charge is -2.12. The molecule has 0 aromatic carbocycles. The highest BCUT2D eigenvalue weighted by Crippen LogP contribution is 2.18. The molecular weight excluding hydrogens is 254 g/mol. The molecule has 0 fully saturated rings. The number of hydrogen-bond donors (Lipinski definition) is 1. The van der Waals surface area contributed by atoms with Crippen molar-refractivity contribution in [2.75, 3.05) is 12.0 Å². The summed E-state index contributed by atoms with van der Waals surface area (Å²) >= 11 is 5.29. The van der Waals surface area contributed by atoms with Crippen LogP contribution in [0.3, 0.4) is 0 Å². The minimum Gasteiger partial charge on any atom is -0.329 e. The van der Waals surface area contributed by atoms with Gasteiger partial charge in [0.05, 0.1) is 5.52 Å². The van der Waals surface area contributed by atoms with Gasteiger partial charge in [0.25, 0.3) is 0 Å². The van der Waals surface area contributed by atoms with E-state index in [9.17, 15) is 4.21 Å². The zero-order valence-electron chi connectivity index (χ0n) is 10.1. The third-order valence-corrected chi connectivity index (χ3v) is 3.87. The fraction of sp³-hybridized carbons (Fsp3) is 0.455. The summed E-state index contributed by atoms with van der Waals surface area (Å²) < 4.78 is 13.9. The van der Waals surface area contributed by atoms with Gasteiger partial charge in [-0.15, -0.1) is 0 Å². The van der Waals surface area contributed by atoms with E-state index < -0.39 is 10.8 Å². The molecule has 0 aliphatic heterocycles. The Morgan fingerprint density at radius 3 is 2.94 bits per heavy atom. The van der Waals surface area contributed by atoms with E-state index in [1.54, 1.807) is 6.26 Å². The van der Waals surface area contributed by atoms with Crippen molar-refractivity contribution >= 4 is 34.2 Å². The molecule has 4 nitrogen and oxygen atoms in total. The third-order valence-electron chi connectivity index (χ3n) is 2.62. The second kappa shape index (κ2) is 4.70. The summed E-state index contributed by atoms with van der Waals surface area (Å²) in [5.41, 5.74) is 2.72. The molecule has 1 N–H and O–H groups in total. The molecule has 6 heteroatoms. The van der Waals surface area contributed by atoms with Gasteiger partial charge in [0.15, 0.2) is 10.4 Å². The van der Waals surface area contributed by atoms with Crippen molar-refractivity contribution < 1.29 is 4.21 Å². The van der Waals surface area contributed by atoms with Gasteiger partial charge < -0.3 is 4.98 Å². The zero-order valence-corrected chi connectivity index (χ0v) is 11.7. The molecule has 0 spiro atoms. The first-order valence-electron chi connectivity index (χ1n) is 5.37. The van der Waals surface area contributed by atoms with Crippen molar-refractivity contribution in [3.05, 3.63) is 22.6 Å². The lowest BCUT2D eigenvalue weighted by atomic mass is 10.3. The fourth-order valence-corrected chi connectivity index (χ4v) is 3.12. The Kier molecular flexibility index (Phi) is 3.44. The summed E-state index contributed by atoms with van der Waals surface area (Å²) in [5, 5.41) is 0. The molecule has 0 aliphatic carbocycles. The zero-order chi connectivity index (χ0) is 12.6. The standard InChI is InChI=1S/C11H15N3OS2/c1-7-4-5-9-10(12-7)14(11(16)13-9)8(2)6-17(3)15/h4-5,8H,6H2,1-3H3,(H,13,16). The van der Waals surface area contributed by atoms with Gasteiger partial charge in [-0.2, -0.15) is 0 Å². The van der Waals surface area contributed by atoms with Crippen LogP contribution in [0.25, 0.3) is 11.2 Å². The van der Waals surface area contributed by atoms with E-state index in [1.165, 1.54) is 0 Å². The molecule has 2 aromatic heterocycles. The van der Waals surface area contributed by atoms with E-state index in [1.807, 2.05) is 30.5 Å². The van der Waals surface area contributed by atoms with Crippen LogP contribution in [0.1, 0.15) is 18.7 Å². The first-order valence-corrected chi connectivity index (χ1v) is 7.50. The molecular formula is C11H15N3OS2. The van der Waals surface area contributed by atoms with Crippen LogP contribution in [-0.2, 0) is 10.8 Å². The number of hydrogen-bond acceptors (Lipinski definition) is 3. The van der Waals surface area contributed by atoms with Gasteiger partial charge in [-0.3, -0.25) is 8.78 Å². The summed E-state index contributed by atoms with van der Waals surface area (Å²) in [7, 11) is -0.846. The van der Waals surface area contributed by atoms with Crippen LogP contribution in [0.2, 0.25) is 0 Å². The summed E-state index contributed by atoms with van der Waals surface area (Å²) in [6.45, 7) is 3.96. The fourth-order valence-electron chi connectivity index (χ4n) is 1.92. The quantitative estimate of drug-likeness (QED) is 0.870. The third kappa shape index (κ3) is 2.47. The highest BCUT2D eigenvalue weighted by Gasteiger charge is 2.13. The molecule has 0 radical (unpaired) electrons. The second-order valence-electron chi connectivity index (χ2n) is 4.21. The van der Waals surface area contributed by atoms with E-state index in [-0.39, 0.29) is 6.04 Å². The summed E-state index contributed by atoms with van der Waals surface area (Å²) in [4.78, 5) is 7.62. The molecule has 0 amide bonds. The lowest BCUT2D eigenvalue weighted by Crippen LogP contribution is -2.13. The smallest absolute Gasteiger partial charge is 0.179 e. The van der Waals surface area contributed by atoms with Crippen LogP contribution in [0.15, 0.2) is 12.1 Å². The number of aromatic nitrogens is 3. The topological polar surface area (TPSA) is 50.7 Å². The Hall–Kier alpha value is -1.01. The lowest BCUT2D eigenvalue weighted by molar-refractivity contribution is 0.601. The van der Waals surface area contributed by atoms with Gasteiger partial charge in [0.2, 0.25) is 0 Å². The van der Waals surface area contributed by atoms with Crippen molar-refractivity contribution in [1.29, 1.82) is 0 Å². The van der Waals surface area contributed by atoms with Gasteiger partial charge in [-0.05, 0) is 38.2 Å². The highest BCUT2D eigenvalue weighted by molar-refractivity contribution is 7.84. The number of imidazole rings is 1. The molecule has 2 aromatic rings. The van der Waals surface area contributed by atoms with E-state index in [4.69, 9.17) is 12.2 Å². The van der Waals surface area contributed by atoms with Crippen molar-refractivity contribution in [3.63, 3.8) is 0 Å². The first-order chi connectivity index (χ1) is 7.99. The number of pyridine rings is 1. The number of nitrogens with zero attached hydrogens (tertiary/aromatic N) is 2. The molecule has 2 heterocycles. The molecule has 92 valence electrons. The number of fused-ring (bicyclic) bond motifs is 1. The molecule has 2 rings (SSSR count). The number of rotatable bonds is 3. The number of nitrogens with one attached hydrogen (secondary N) is 1. The maximum Gasteiger partial charge on any atom is 0.179 e. The van der Waals surface area contributed by atoms with E-state index >= 15 is 0 Å². The van der Waals surface area contributed by atoms with Crippen molar-refractivity contribution in [3.8, 4) is 0 Å². The van der Waals surface area contributed by atoms with E-state index in [0.717, 1.165) is 16.9 Å². The monoisotopic (exact) mass is 269 g/mol.